The molecule has 1 unspecified atom stereocenters. The van der Waals surface area contributed by atoms with Gasteiger partial charge in [0.05, 0.1) is 11.3 Å². The minimum Gasteiger partial charge on any atom is -0.435 e. The molecule has 1 heterocycles. The first-order valence-corrected chi connectivity index (χ1v) is 7.51. The van der Waals surface area contributed by atoms with Crippen LogP contribution in [-0.2, 0) is 16.2 Å². The summed E-state index contributed by atoms with van der Waals surface area (Å²) < 4.78 is 48.1. The second kappa shape index (κ2) is 6.80. The zero-order valence-corrected chi connectivity index (χ0v) is 13.1. The Bertz CT molecular complexity index is 625. The highest BCUT2D eigenvalue weighted by molar-refractivity contribution is 9.08. The topological polar surface area (TPSA) is 55.5 Å². The molecule has 120 valence electrons. The summed E-state index contributed by atoms with van der Waals surface area (Å²) in [6, 6.07) is 4.44. The van der Waals surface area contributed by atoms with Crippen molar-refractivity contribution in [3.8, 4) is 11.5 Å². The number of hydrogen-bond donors (Lipinski definition) is 1. The van der Waals surface area contributed by atoms with Crippen LogP contribution in [0, 0.1) is 0 Å². The number of ether oxygens (including phenoxy) is 1. The first-order chi connectivity index (χ1) is 10.4. The molecule has 1 aromatic heterocycles. The van der Waals surface area contributed by atoms with Gasteiger partial charge >= 0.3 is 6.18 Å². The second-order valence-electron chi connectivity index (χ2n) is 4.35. The van der Waals surface area contributed by atoms with E-state index in [1.54, 1.807) is 6.92 Å². The number of aliphatic hydroxyl groups excluding tert-OH is 1. The second-order valence-corrected chi connectivity index (χ2v) is 4.91. The number of oxazole rings is 1. The maximum atomic E-state index is 12.5. The van der Waals surface area contributed by atoms with Gasteiger partial charge in [-0.25, -0.2) is 4.98 Å². The predicted octanol–water partition coefficient (Wildman–Crippen LogP) is 4.28. The van der Waals surface area contributed by atoms with E-state index < -0.39 is 18.0 Å². The van der Waals surface area contributed by atoms with Gasteiger partial charge in [0.25, 0.3) is 0 Å². The van der Waals surface area contributed by atoms with E-state index >= 15 is 0 Å². The van der Waals surface area contributed by atoms with Crippen molar-refractivity contribution in [2.45, 2.75) is 24.7 Å². The van der Waals surface area contributed by atoms with Gasteiger partial charge < -0.3 is 14.3 Å². The summed E-state index contributed by atoms with van der Waals surface area (Å²) in [6.45, 7) is 1.99. The van der Waals surface area contributed by atoms with E-state index in [-0.39, 0.29) is 18.3 Å². The zero-order valence-electron chi connectivity index (χ0n) is 11.5. The van der Waals surface area contributed by atoms with Crippen LogP contribution in [0.2, 0.25) is 0 Å². The molecule has 4 nitrogen and oxygen atoms in total. The molecule has 22 heavy (non-hydrogen) atoms. The molecule has 0 radical (unpaired) electrons. The van der Waals surface area contributed by atoms with Crippen molar-refractivity contribution in [3.63, 3.8) is 0 Å². The van der Waals surface area contributed by atoms with E-state index in [0.717, 1.165) is 12.1 Å². The monoisotopic (exact) mass is 379 g/mol. The molecule has 0 saturated heterocycles. The third-order valence-corrected chi connectivity index (χ3v) is 3.39. The van der Waals surface area contributed by atoms with Crippen LogP contribution in [-0.4, -0.2) is 16.7 Å². The van der Waals surface area contributed by atoms with Gasteiger partial charge in [0.2, 0.25) is 12.2 Å². The molecule has 0 spiro atoms. The largest absolute Gasteiger partial charge is 0.435 e. The lowest BCUT2D eigenvalue weighted by Crippen LogP contribution is -2.04. The van der Waals surface area contributed by atoms with Crippen molar-refractivity contribution in [3.05, 3.63) is 41.3 Å². The smallest absolute Gasteiger partial charge is 0.416 e. The SMILES string of the molecule is CCOC(O)c1oc(-c2ccc(C(F)(F)F)cc2)nc1CBr. The minimum absolute atomic E-state index is 0.122. The Kier molecular flexibility index (Phi) is 5.25. The van der Waals surface area contributed by atoms with Gasteiger partial charge in [-0.15, -0.1) is 0 Å². The summed E-state index contributed by atoms with van der Waals surface area (Å²) in [5, 5.41) is 10.1. The molecule has 0 aliphatic heterocycles. The van der Waals surface area contributed by atoms with E-state index in [0.29, 0.717) is 16.6 Å². The number of aromatic nitrogens is 1. The van der Waals surface area contributed by atoms with Crippen molar-refractivity contribution in [1.82, 2.24) is 4.98 Å². The Morgan fingerprint density at radius 1 is 1.32 bits per heavy atom. The Balaban J connectivity index is 2.33. The molecule has 2 aromatic rings. The predicted molar refractivity (Wildman–Crippen MR) is 76.2 cm³/mol. The number of rotatable bonds is 5. The summed E-state index contributed by atoms with van der Waals surface area (Å²) in [5.41, 5.74) is 0.0547. The van der Waals surface area contributed by atoms with Crippen molar-refractivity contribution in [2.75, 3.05) is 6.61 Å². The molecular weight excluding hydrogens is 367 g/mol. The van der Waals surface area contributed by atoms with E-state index in [9.17, 15) is 18.3 Å². The van der Waals surface area contributed by atoms with Crippen LogP contribution >= 0.6 is 15.9 Å². The summed E-state index contributed by atoms with van der Waals surface area (Å²) in [7, 11) is 0. The summed E-state index contributed by atoms with van der Waals surface area (Å²) in [4.78, 5) is 4.16. The van der Waals surface area contributed by atoms with Crippen LogP contribution in [0.25, 0.3) is 11.5 Å². The molecule has 1 atom stereocenters. The Hall–Kier alpha value is -1.38. The summed E-state index contributed by atoms with van der Waals surface area (Å²) in [6.07, 6.45) is -5.67. The average Bonchev–Trinajstić information content (AvgIpc) is 2.91. The molecule has 0 fully saturated rings. The van der Waals surface area contributed by atoms with Gasteiger partial charge in [-0.3, -0.25) is 0 Å². The fourth-order valence-corrected chi connectivity index (χ4v) is 2.21. The van der Waals surface area contributed by atoms with E-state index in [1.165, 1.54) is 12.1 Å². The van der Waals surface area contributed by atoms with Crippen molar-refractivity contribution in [1.29, 1.82) is 0 Å². The number of aliphatic hydroxyl groups is 1. The first kappa shape index (κ1) is 17.0. The number of hydrogen-bond acceptors (Lipinski definition) is 4. The Morgan fingerprint density at radius 3 is 2.45 bits per heavy atom. The van der Waals surface area contributed by atoms with Crippen LogP contribution in [0.5, 0.6) is 0 Å². The molecular formula is C14H13BrF3NO3. The highest BCUT2D eigenvalue weighted by Gasteiger charge is 2.30. The van der Waals surface area contributed by atoms with Gasteiger partial charge in [-0.05, 0) is 31.2 Å². The van der Waals surface area contributed by atoms with Crippen LogP contribution in [0.15, 0.2) is 28.7 Å². The standard InChI is InChI=1S/C14H13BrF3NO3/c1-2-21-13(20)11-10(7-15)19-12(22-11)8-3-5-9(6-4-8)14(16,17)18/h3-6,13,20H,2,7H2,1H3. The molecule has 0 aliphatic carbocycles. The van der Waals surface area contributed by atoms with E-state index in [4.69, 9.17) is 9.15 Å². The van der Waals surface area contributed by atoms with Crippen molar-refractivity contribution < 1.29 is 27.4 Å². The van der Waals surface area contributed by atoms with Gasteiger partial charge in [0.15, 0.2) is 5.76 Å². The normalized spacial score (nSPS) is 13.4. The molecule has 1 aromatic carbocycles. The van der Waals surface area contributed by atoms with Gasteiger partial charge in [0, 0.05) is 17.5 Å². The van der Waals surface area contributed by atoms with Gasteiger partial charge in [-0.2, -0.15) is 13.2 Å². The van der Waals surface area contributed by atoms with Crippen LogP contribution in [0.3, 0.4) is 0 Å². The molecule has 0 amide bonds. The highest BCUT2D eigenvalue weighted by Crippen LogP contribution is 2.32. The zero-order chi connectivity index (χ0) is 16.3. The molecule has 0 saturated carbocycles. The number of nitrogens with zero attached hydrogens (tertiary/aromatic N) is 1. The van der Waals surface area contributed by atoms with Gasteiger partial charge in [0.1, 0.15) is 0 Å². The minimum atomic E-state index is -4.40. The Labute approximate surface area is 133 Å². The molecule has 0 aliphatic rings. The maximum Gasteiger partial charge on any atom is 0.416 e. The average molecular weight is 380 g/mol. The molecule has 8 heteroatoms. The van der Waals surface area contributed by atoms with E-state index in [1.807, 2.05) is 0 Å². The van der Waals surface area contributed by atoms with Crippen LogP contribution in [0.1, 0.15) is 30.2 Å². The molecule has 0 bridgehead atoms. The van der Waals surface area contributed by atoms with Crippen LogP contribution < -0.4 is 0 Å². The lowest BCUT2D eigenvalue weighted by Gasteiger charge is -2.07. The molecule has 2 rings (SSSR count). The van der Waals surface area contributed by atoms with Crippen molar-refractivity contribution >= 4 is 15.9 Å². The van der Waals surface area contributed by atoms with Crippen LogP contribution in [0.4, 0.5) is 13.2 Å². The fraction of sp³-hybridized carbons (Fsp3) is 0.357. The lowest BCUT2D eigenvalue weighted by atomic mass is 10.1. The number of benzene rings is 1. The maximum absolute atomic E-state index is 12.5. The first-order valence-electron chi connectivity index (χ1n) is 6.39. The fourth-order valence-electron chi connectivity index (χ4n) is 1.81. The van der Waals surface area contributed by atoms with Gasteiger partial charge in [-0.1, -0.05) is 15.9 Å². The number of halogens is 4. The third kappa shape index (κ3) is 3.68. The third-order valence-electron chi connectivity index (χ3n) is 2.86. The quantitative estimate of drug-likeness (QED) is 0.622. The summed E-state index contributed by atoms with van der Waals surface area (Å²) >= 11 is 3.21. The highest BCUT2D eigenvalue weighted by atomic mass is 79.9. The Morgan fingerprint density at radius 2 is 1.95 bits per heavy atom. The summed E-state index contributed by atoms with van der Waals surface area (Å²) in [5.74, 6) is 0.255. The van der Waals surface area contributed by atoms with E-state index in [2.05, 4.69) is 20.9 Å². The van der Waals surface area contributed by atoms with Crippen molar-refractivity contribution in [2.24, 2.45) is 0 Å². The lowest BCUT2D eigenvalue weighted by molar-refractivity contribution is -0.137. The molecule has 1 N–H and O–H groups in total. The number of alkyl halides is 4.